The van der Waals surface area contributed by atoms with E-state index in [2.05, 4.69) is 44.3 Å². The van der Waals surface area contributed by atoms with Crippen molar-refractivity contribution < 1.29 is 4.42 Å². The third kappa shape index (κ3) is 3.25. The van der Waals surface area contributed by atoms with Crippen LogP contribution in [0.4, 0.5) is 0 Å². The molecule has 3 heteroatoms. The minimum Gasteiger partial charge on any atom is -0.464 e. The van der Waals surface area contributed by atoms with Crippen molar-refractivity contribution in [3.63, 3.8) is 0 Å². The first-order chi connectivity index (χ1) is 9.67. The standard InChI is InChI=1S/C17H22ClNO/c1-4-11-19-17(16-10-9-13(5-2)20-16)14-7-6-8-15(18)12(14)3/h6-10,17,19H,4-5,11H2,1-3H3. The van der Waals surface area contributed by atoms with Crippen LogP contribution in [0.25, 0.3) is 0 Å². The van der Waals surface area contributed by atoms with Crippen LogP contribution >= 0.6 is 11.6 Å². The van der Waals surface area contributed by atoms with Crippen molar-refractivity contribution in [1.82, 2.24) is 5.32 Å². The largest absolute Gasteiger partial charge is 0.464 e. The molecule has 0 amide bonds. The van der Waals surface area contributed by atoms with Crippen LogP contribution in [-0.4, -0.2) is 6.54 Å². The Labute approximate surface area is 126 Å². The second-order valence-corrected chi connectivity index (χ2v) is 5.41. The predicted molar refractivity (Wildman–Crippen MR) is 84.4 cm³/mol. The zero-order valence-electron chi connectivity index (χ0n) is 12.4. The van der Waals surface area contributed by atoms with Gasteiger partial charge in [-0.3, -0.25) is 0 Å². The number of rotatable bonds is 6. The molecule has 0 fully saturated rings. The first-order valence-electron chi connectivity index (χ1n) is 7.24. The van der Waals surface area contributed by atoms with Crippen molar-refractivity contribution >= 4 is 11.6 Å². The lowest BCUT2D eigenvalue weighted by atomic mass is 9.99. The van der Waals surface area contributed by atoms with Crippen molar-refractivity contribution in [2.24, 2.45) is 0 Å². The summed E-state index contributed by atoms with van der Waals surface area (Å²) in [5.74, 6) is 1.98. The molecule has 0 radical (unpaired) electrons. The van der Waals surface area contributed by atoms with E-state index in [9.17, 15) is 0 Å². The van der Waals surface area contributed by atoms with Crippen molar-refractivity contribution in [2.45, 2.75) is 39.7 Å². The van der Waals surface area contributed by atoms with Gasteiger partial charge in [-0.25, -0.2) is 0 Å². The predicted octanol–water partition coefficient (Wildman–Crippen LogP) is 4.89. The van der Waals surface area contributed by atoms with Gasteiger partial charge in [0, 0.05) is 11.4 Å². The average Bonchev–Trinajstić information content (AvgIpc) is 2.92. The molecule has 108 valence electrons. The van der Waals surface area contributed by atoms with Crippen LogP contribution in [0.5, 0.6) is 0 Å². The van der Waals surface area contributed by atoms with Crippen LogP contribution < -0.4 is 5.32 Å². The van der Waals surface area contributed by atoms with Gasteiger partial charge in [0.2, 0.25) is 0 Å². The quantitative estimate of drug-likeness (QED) is 0.819. The minimum atomic E-state index is 0.0638. The highest BCUT2D eigenvalue weighted by Crippen LogP contribution is 2.30. The summed E-state index contributed by atoms with van der Waals surface area (Å²) in [6, 6.07) is 10.2. The van der Waals surface area contributed by atoms with E-state index < -0.39 is 0 Å². The van der Waals surface area contributed by atoms with Crippen molar-refractivity contribution in [3.8, 4) is 0 Å². The molecule has 2 aromatic rings. The lowest BCUT2D eigenvalue weighted by molar-refractivity contribution is 0.421. The van der Waals surface area contributed by atoms with Crippen molar-refractivity contribution in [2.75, 3.05) is 6.54 Å². The Morgan fingerprint density at radius 2 is 2.00 bits per heavy atom. The lowest BCUT2D eigenvalue weighted by Gasteiger charge is -2.19. The van der Waals surface area contributed by atoms with Gasteiger partial charge in [-0.05, 0) is 49.2 Å². The topological polar surface area (TPSA) is 25.2 Å². The normalized spacial score (nSPS) is 12.6. The first kappa shape index (κ1) is 15.1. The molecule has 1 aromatic heterocycles. The molecule has 20 heavy (non-hydrogen) atoms. The number of aryl methyl sites for hydroxylation is 1. The molecular weight excluding hydrogens is 270 g/mol. The molecule has 1 atom stereocenters. The van der Waals surface area contributed by atoms with Gasteiger partial charge in [-0.1, -0.05) is 37.6 Å². The van der Waals surface area contributed by atoms with Crippen LogP contribution in [0.3, 0.4) is 0 Å². The molecule has 0 aliphatic carbocycles. The molecule has 0 bridgehead atoms. The highest BCUT2D eigenvalue weighted by molar-refractivity contribution is 6.31. The third-order valence-corrected chi connectivity index (χ3v) is 3.94. The summed E-state index contributed by atoms with van der Waals surface area (Å²) < 4.78 is 5.94. The molecule has 0 aliphatic rings. The van der Waals surface area contributed by atoms with Crippen molar-refractivity contribution in [3.05, 3.63) is 58.0 Å². The van der Waals surface area contributed by atoms with E-state index >= 15 is 0 Å². The van der Waals surface area contributed by atoms with Gasteiger partial charge in [0.1, 0.15) is 11.5 Å². The van der Waals surface area contributed by atoms with Gasteiger partial charge in [0.05, 0.1) is 6.04 Å². The molecule has 1 heterocycles. The zero-order chi connectivity index (χ0) is 14.5. The Morgan fingerprint density at radius 1 is 1.20 bits per heavy atom. The average molecular weight is 292 g/mol. The van der Waals surface area contributed by atoms with E-state index in [1.54, 1.807) is 0 Å². The highest BCUT2D eigenvalue weighted by Gasteiger charge is 2.19. The molecule has 0 saturated carbocycles. The van der Waals surface area contributed by atoms with Gasteiger partial charge in [0.15, 0.2) is 0 Å². The summed E-state index contributed by atoms with van der Waals surface area (Å²) in [6.45, 7) is 7.26. The van der Waals surface area contributed by atoms with E-state index in [0.29, 0.717) is 0 Å². The summed E-state index contributed by atoms with van der Waals surface area (Å²) in [5, 5.41) is 4.35. The number of halogens is 1. The van der Waals surface area contributed by atoms with Crippen molar-refractivity contribution in [1.29, 1.82) is 0 Å². The van der Waals surface area contributed by atoms with Gasteiger partial charge in [-0.2, -0.15) is 0 Å². The maximum atomic E-state index is 6.25. The second-order valence-electron chi connectivity index (χ2n) is 5.00. The van der Waals surface area contributed by atoms with E-state index in [1.807, 2.05) is 12.1 Å². The fraction of sp³-hybridized carbons (Fsp3) is 0.412. The summed E-state index contributed by atoms with van der Waals surface area (Å²) >= 11 is 6.25. The highest BCUT2D eigenvalue weighted by atomic mass is 35.5. The molecule has 1 aromatic carbocycles. The molecule has 2 nitrogen and oxygen atoms in total. The Morgan fingerprint density at radius 3 is 2.65 bits per heavy atom. The fourth-order valence-electron chi connectivity index (χ4n) is 2.33. The van der Waals surface area contributed by atoms with E-state index in [1.165, 1.54) is 5.56 Å². The third-order valence-electron chi connectivity index (χ3n) is 3.53. The number of hydrogen-bond acceptors (Lipinski definition) is 2. The molecule has 1 N–H and O–H groups in total. The second kappa shape index (κ2) is 6.96. The summed E-state index contributed by atoms with van der Waals surface area (Å²) in [5.41, 5.74) is 2.29. The number of nitrogens with one attached hydrogen (secondary N) is 1. The van der Waals surface area contributed by atoms with Crippen LogP contribution in [-0.2, 0) is 6.42 Å². The Kier molecular flexibility index (Phi) is 5.27. The van der Waals surface area contributed by atoms with Gasteiger partial charge in [-0.15, -0.1) is 0 Å². The molecule has 0 saturated heterocycles. The van der Waals surface area contributed by atoms with Crippen LogP contribution in [0, 0.1) is 6.92 Å². The maximum absolute atomic E-state index is 6.25. The first-order valence-corrected chi connectivity index (χ1v) is 7.62. The molecule has 0 aliphatic heterocycles. The van der Waals surface area contributed by atoms with E-state index in [0.717, 1.165) is 41.5 Å². The van der Waals surface area contributed by atoms with E-state index in [4.69, 9.17) is 16.0 Å². The lowest BCUT2D eigenvalue weighted by Crippen LogP contribution is -2.23. The zero-order valence-corrected chi connectivity index (χ0v) is 13.1. The van der Waals surface area contributed by atoms with Crippen LogP contribution in [0.15, 0.2) is 34.7 Å². The summed E-state index contributed by atoms with van der Waals surface area (Å²) in [7, 11) is 0. The summed E-state index contributed by atoms with van der Waals surface area (Å²) in [4.78, 5) is 0. The molecule has 2 rings (SSSR count). The number of furan rings is 1. The molecule has 0 spiro atoms. The Balaban J connectivity index is 2.38. The Bertz CT molecular complexity index is 562. The number of hydrogen-bond donors (Lipinski definition) is 1. The van der Waals surface area contributed by atoms with Crippen LogP contribution in [0.1, 0.15) is 49.0 Å². The number of benzene rings is 1. The fourth-order valence-corrected chi connectivity index (χ4v) is 2.51. The monoisotopic (exact) mass is 291 g/mol. The minimum absolute atomic E-state index is 0.0638. The molecular formula is C17H22ClNO. The van der Waals surface area contributed by atoms with E-state index in [-0.39, 0.29) is 6.04 Å². The van der Waals surface area contributed by atoms with Crippen LogP contribution in [0.2, 0.25) is 5.02 Å². The van der Waals surface area contributed by atoms with Gasteiger partial charge >= 0.3 is 0 Å². The molecule has 1 unspecified atom stereocenters. The maximum Gasteiger partial charge on any atom is 0.125 e. The SMILES string of the molecule is CCCNC(c1ccc(CC)o1)c1cccc(Cl)c1C. The van der Waals surface area contributed by atoms with Gasteiger partial charge < -0.3 is 9.73 Å². The summed E-state index contributed by atoms with van der Waals surface area (Å²) in [6.07, 6.45) is 1.99. The smallest absolute Gasteiger partial charge is 0.125 e. The Hall–Kier alpha value is -1.25. The van der Waals surface area contributed by atoms with Gasteiger partial charge in [0.25, 0.3) is 0 Å².